The summed E-state index contributed by atoms with van der Waals surface area (Å²) in [7, 11) is 0. The molecule has 0 saturated carbocycles. The Balaban J connectivity index is 0.942. The molecular weight excluding hydrogens is 783 g/mol. The van der Waals surface area contributed by atoms with E-state index in [1.165, 1.54) is 22.3 Å². The molecule has 64 heavy (non-hydrogen) atoms. The van der Waals surface area contributed by atoms with Crippen LogP contribution in [-0.4, -0.2) is 24.9 Å². The topological polar surface area (TPSA) is 77.6 Å². The van der Waals surface area contributed by atoms with Crippen LogP contribution in [0.5, 0.6) is 0 Å². The van der Waals surface area contributed by atoms with Gasteiger partial charge in [0.15, 0.2) is 23.3 Å². The summed E-state index contributed by atoms with van der Waals surface area (Å²) in [5, 5.41) is 2.14. The number of hydrogen-bond donors (Lipinski definition) is 0. The molecule has 0 radical (unpaired) electrons. The van der Waals surface area contributed by atoms with Gasteiger partial charge >= 0.3 is 0 Å². The summed E-state index contributed by atoms with van der Waals surface area (Å²) in [5.74, 6) is 2.44. The van der Waals surface area contributed by atoms with Crippen molar-refractivity contribution >= 4 is 21.9 Å². The second kappa shape index (κ2) is 14.9. The van der Waals surface area contributed by atoms with Crippen molar-refractivity contribution in [2.24, 2.45) is 0 Å². The van der Waals surface area contributed by atoms with Gasteiger partial charge in [0.1, 0.15) is 11.2 Å². The lowest BCUT2D eigenvalue weighted by molar-refractivity contribution is 0.660. The van der Waals surface area contributed by atoms with Crippen LogP contribution in [0.4, 0.5) is 0 Å². The zero-order chi connectivity index (χ0) is 42.8. The Morgan fingerprint density at radius 2 is 0.797 bits per heavy atom. The summed E-state index contributed by atoms with van der Waals surface area (Å²) < 4.78 is 6.26. The third-order valence-electron chi connectivity index (χ3n) is 12.6. The van der Waals surface area contributed by atoms with Gasteiger partial charge in [0.25, 0.3) is 0 Å². The van der Waals surface area contributed by atoms with Crippen molar-refractivity contribution in [3.63, 3.8) is 0 Å². The smallest absolute Gasteiger partial charge is 0.164 e. The zero-order valence-corrected chi connectivity index (χ0v) is 35.2. The minimum atomic E-state index is -0.0740. The van der Waals surface area contributed by atoms with Crippen LogP contribution in [0.3, 0.4) is 0 Å². The molecule has 3 aromatic heterocycles. The molecule has 0 unspecified atom stereocenters. The maximum atomic E-state index is 6.26. The van der Waals surface area contributed by atoms with Gasteiger partial charge < -0.3 is 4.42 Å². The molecule has 8 aromatic carbocycles. The maximum absolute atomic E-state index is 6.26. The minimum absolute atomic E-state index is 0.0740. The summed E-state index contributed by atoms with van der Waals surface area (Å²) in [6.45, 7) is 4.62. The molecule has 1 aliphatic rings. The number of benzene rings is 8. The number of fused-ring (bicyclic) bond motifs is 6. The second-order valence-electron chi connectivity index (χ2n) is 16.9. The van der Waals surface area contributed by atoms with E-state index in [1.54, 1.807) is 0 Å². The van der Waals surface area contributed by atoms with Gasteiger partial charge in [-0.05, 0) is 75.8 Å². The van der Waals surface area contributed by atoms with Gasteiger partial charge in [-0.3, -0.25) is 0 Å². The molecule has 6 heteroatoms. The fourth-order valence-electron chi connectivity index (χ4n) is 9.25. The van der Waals surface area contributed by atoms with E-state index in [2.05, 4.69) is 141 Å². The Kier molecular flexibility index (Phi) is 8.73. The summed E-state index contributed by atoms with van der Waals surface area (Å²) in [6, 6.07) is 69.2. The van der Waals surface area contributed by atoms with E-state index in [0.717, 1.165) is 77.8 Å². The summed E-state index contributed by atoms with van der Waals surface area (Å²) in [5.41, 5.74) is 16.2. The van der Waals surface area contributed by atoms with Crippen LogP contribution in [0.1, 0.15) is 25.0 Å². The van der Waals surface area contributed by atoms with Crippen molar-refractivity contribution in [1.29, 1.82) is 0 Å². The molecule has 0 fully saturated rings. The molecule has 0 spiro atoms. The first-order valence-corrected chi connectivity index (χ1v) is 21.6. The fourth-order valence-corrected chi connectivity index (χ4v) is 9.25. The number of aromatic nitrogens is 5. The quantitative estimate of drug-likeness (QED) is 0.159. The highest BCUT2D eigenvalue weighted by Gasteiger charge is 2.35. The molecule has 0 amide bonds. The summed E-state index contributed by atoms with van der Waals surface area (Å²) in [6.07, 6.45) is 0. The van der Waals surface area contributed by atoms with Gasteiger partial charge in [-0.1, -0.05) is 172 Å². The Labute approximate surface area is 370 Å². The standard InChI is InChI=1S/C58H39N5O/c1-58(2)48-25-11-9-23-44(48)47-33-41(28-30-49(47)58)51-35-50(59-54(60-51)36-15-5-3-6-16-36)40-21-13-19-38(31-40)39-20-14-22-42(32-39)56-61-55(37-17-7-4-8-18-37)62-57(63-56)43-27-29-46-45-24-10-12-26-52(45)64-53(46)34-43/h3-35H,1-2H3. The lowest BCUT2D eigenvalue weighted by atomic mass is 9.82. The van der Waals surface area contributed by atoms with Crippen molar-refractivity contribution in [2.45, 2.75) is 19.3 Å². The lowest BCUT2D eigenvalue weighted by Gasteiger charge is -2.21. The normalized spacial score (nSPS) is 12.7. The first-order chi connectivity index (χ1) is 31.4. The average molecular weight is 822 g/mol. The van der Waals surface area contributed by atoms with Gasteiger partial charge in [-0.2, -0.15) is 0 Å². The van der Waals surface area contributed by atoms with E-state index in [9.17, 15) is 0 Å². The number of nitrogens with zero attached hydrogens (tertiary/aromatic N) is 5. The van der Waals surface area contributed by atoms with Crippen molar-refractivity contribution in [2.75, 3.05) is 0 Å². The van der Waals surface area contributed by atoms with Crippen LogP contribution in [0.15, 0.2) is 205 Å². The van der Waals surface area contributed by atoms with E-state index in [1.807, 2.05) is 72.8 Å². The first-order valence-electron chi connectivity index (χ1n) is 21.6. The minimum Gasteiger partial charge on any atom is -0.456 e. The zero-order valence-electron chi connectivity index (χ0n) is 35.2. The molecule has 0 N–H and O–H groups in total. The first kappa shape index (κ1) is 37.4. The van der Waals surface area contributed by atoms with Crippen molar-refractivity contribution in [3.8, 4) is 90.3 Å². The summed E-state index contributed by atoms with van der Waals surface area (Å²) in [4.78, 5) is 25.5. The third-order valence-corrected chi connectivity index (χ3v) is 12.6. The van der Waals surface area contributed by atoms with E-state index in [0.29, 0.717) is 23.3 Å². The average Bonchev–Trinajstić information content (AvgIpc) is 3.85. The monoisotopic (exact) mass is 821 g/mol. The predicted octanol–water partition coefficient (Wildman–Crippen LogP) is 14.5. The predicted molar refractivity (Wildman–Crippen MR) is 258 cm³/mol. The molecule has 11 aromatic rings. The number of para-hydroxylation sites is 1. The second-order valence-corrected chi connectivity index (χ2v) is 16.9. The lowest BCUT2D eigenvalue weighted by Crippen LogP contribution is -2.14. The highest BCUT2D eigenvalue weighted by Crippen LogP contribution is 2.49. The summed E-state index contributed by atoms with van der Waals surface area (Å²) >= 11 is 0. The number of hydrogen-bond acceptors (Lipinski definition) is 6. The van der Waals surface area contributed by atoms with E-state index >= 15 is 0 Å². The van der Waals surface area contributed by atoms with Crippen LogP contribution in [0, 0.1) is 0 Å². The van der Waals surface area contributed by atoms with Gasteiger partial charge in [-0.15, -0.1) is 0 Å². The molecule has 12 rings (SSSR count). The number of furan rings is 1. The van der Waals surface area contributed by atoms with Crippen LogP contribution in [-0.2, 0) is 5.41 Å². The SMILES string of the molecule is CC1(C)c2ccccc2-c2cc(-c3cc(-c4cccc(-c5cccc(-c6nc(-c7ccccc7)nc(-c7ccc8c(c7)oc7ccccc78)n6)c5)c4)nc(-c4ccccc4)n3)ccc21. The molecular formula is C58H39N5O. The van der Waals surface area contributed by atoms with E-state index in [-0.39, 0.29) is 5.41 Å². The van der Waals surface area contributed by atoms with Crippen LogP contribution in [0.2, 0.25) is 0 Å². The molecule has 0 bridgehead atoms. The Hall–Kier alpha value is -8.35. The van der Waals surface area contributed by atoms with E-state index < -0.39 is 0 Å². The molecule has 0 aliphatic heterocycles. The largest absolute Gasteiger partial charge is 0.456 e. The van der Waals surface area contributed by atoms with Gasteiger partial charge in [0, 0.05) is 49.6 Å². The van der Waals surface area contributed by atoms with E-state index in [4.69, 9.17) is 29.3 Å². The number of rotatable bonds is 7. The van der Waals surface area contributed by atoms with Crippen LogP contribution in [0.25, 0.3) is 112 Å². The fraction of sp³-hybridized carbons (Fsp3) is 0.0517. The molecule has 0 atom stereocenters. The van der Waals surface area contributed by atoms with Crippen LogP contribution >= 0.6 is 0 Å². The van der Waals surface area contributed by atoms with Gasteiger partial charge in [0.2, 0.25) is 0 Å². The molecule has 0 saturated heterocycles. The maximum Gasteiger partial charge on any atom is 0.164 e. The van der Waals surface area contributed by atoms with Crippen molar-refractivity contribution < 1.29 is 4.42 Å². The highest BCUT2D eigenvalue weighted by molar-refractivity contribution is 6.05. The van der Waals surface area contributed by atoms with Gasteiger partial charge in [-0.25, -0.2) is 24.9 Å². The molecule has 3 heterocycles. The molecule has 6 nitrogen and oxygen atoms in total. The Morgan fingerprint density at radius 3 is 1.52 bits per heavy atom. The van der Waals surface area contributed by atoms with Crippen molar-refractivity contribution in [1.82, 2.24) is 24.9 Å². The highest BCUT2D eigenvalue weighted by atomic mass is 16.3. The Morgan fingerprint density at radius 1 is 0.312 bits per heavy atom. The molecule has 1 aliphatic carbocycles. The third kappa shape index (κ3) is 6.47. The van der Waals surface area contributed by atoms with Crippen LogP contribution < -0.4 is 0 Å². The van der Waals surface area contributed by atoms with Crippen molar-refractivity contribution in [3.05, 3.63) is 211 Å². The Bertz CT molecular complexity index is 3590. The molecule has 302 valence electrons. The van der Waals surface area contributed by atoms with Gasteiger partial charge in [0.05, 0.1) is 11.4 Å².